The van der Waals surface area contributed by atoms with Crippen molar-refractivity contribution >= 4 is 11.7 Å². The second-order valence-electron chi connectivity index (χ2n) is 5.06. The summed E-state index contributed by atoms with van der Waals surface area (Å²) in [6.07, 6.45) is 1.58. The van der Waals surface area contributed by atoms with E-state index in [1.54, 1.807) is 12.1 Å². The van der Waals surface area contributed by atoms with Gasteiger partial charge in [0.15, 0.2) is 0 Å². The molecule has 0 bridgehead atoms. The fraction of sp³-hybridized carbons (Fsp3) is 0.278. The number of rotatable bonds is 8. The highest BCUT2D eigenvalue weighted by atomic mass is 19.1. The van der Waals surface area contributed by atoms with Crippen LogP contribution in [0.25, 0.3) is 0 Å². The predicted molar refractivity (Wildman–Crippen MR) is 89.0 cm³/mol. The van der Waals surface area contributed by atoms with Gasteiger partial charge in [-0.25, -0.2) is 9.18 Å². The Morgan fingerprint density at radius 1 is 1.00 bits per heavy atom. The van der Waals surface area contributed by atoms with Gasteiger partial charge < -0.3 is 15.4 Å². The van der Waals surface area contributed by atoms with Gasteiger partial charge in [-0.05, 0) is 30.5 Å². The van der Waals surface area contributed by atoms with Crippen LogP contribution in [0.1, 0.15) is 12.0 Å². The van der Waals surface area contributed by atoms with E-state index in [0.717, 1.165) is 6.42 Å². The maximum Gasteiger partial charge on any atom is 0.319 e. The van der Waals surface area contributed by atoms with Gasteiger partial charge in [0.25, 0.3) is 0 Å². The first-order chi connectivity index (χ1) is 11.3. The van der Waals surface area contributed by atoms with E-state index < -0.39 is 11.8 Å². The van der Waals surface area contributed by atoms with Crippen molar-refractivity contribution in [1.82, 2.24) is 5.32 Å². The summed E-state index contributed by atoms with van der Waals surface area (Å²) in [6, 6.07) is 15.8. The van der Waals surface area contributed by atoms with Crippen LogP contribution in [0.15, 0.2) is 54.6 Å². The number of amides is 2. The Hall–Kier alpha value is -2.40. The van der Waals surface area contributed by atoms with Crippen LogP contribution < -0.4 is 10.6 Å². The first kappa shape index (κ1) is 17.0. The highest BCUT2D eigenvalue weighted by Crippen LogP contribution is 2.11. The van der Waals surface area contributed by atoms with Gasteiger partial charge in [-0.1, -0.05) is 42.5 Å². The number of halogens is 1. The molecule has 122 valence electrons. The van der Waals surface area contributed by atoms with E-state index in [9.17, 15) is 9.18 Å². The minimum Gasteiger partial charge on any atom is -0.381 e. The lowest BCUT2D eigenvalue weighted by Gasteiger charge is -2.08. The quantitative estimate of drug-likeness (QED) is 0.731. The van der Waals surface area contributed by atoms with Crippen LogP contribution in [0.4, 0.5) is 14.9 Å². The maximum absolute atomic E-state index is 13.4. The average molecular weight is 316 g/mol. The zero-order valence-corrected chi connectivity index (χ0v) is 12.9. The number of hydrogen-bond acceptors (Lipinski definition) is 2. The molecule has 2 aromatic rings. The molecule has 0 aliphatic rings. The van der Waals surface area contributed by atoms with Crippen molar-refractivity contribution in [2.24, 2.45) is 0 Å². The first-order valence-electron chi connectivity index (χ1n) is 7.67. The molecular weight excluding hydrogens is 295 g/mol. The summed E-state index contributed by atoms with van der Waals surface area (Å²) in [5.41, 5.74) is 1.42. The lowest BCUT2D eigenvalue weighted by atomic mass is 10.2. The van der Waals surface area contributed by atoms with Crippen LogP contribution in [-0.2, 0) is 11.2 Å². The Kier molecular flexibility index (Phi) is 7.07. The molecule has 0 heterocycles. The number of carbonyl (C=O) groups is 1. The van der Waals surface area contributed by atoms with Crippen molar-refractivity contribution in [3.8, 4) is 0 Å². The van der Waals surface area contributed by atoms with Crippen LogP contribution in [0, 0.1) is 5.82 Å². The van der Waals surface area contributed by atoms with Crippen LogP contribution >= 0.6 is 0 Å². The van der Waals surface area contributed by atoms with Crippen LogP contribution in [-0.4, -0.2) is 25.8 Å². The molecule has 0 aliphatic heterocycles. The van der Waals surface area contributed by atoms with Crippen LogP contribution in [0.2, 0.25) is 0 Å². The molecule has 0 saturated heterocycles. The van der Waals surface area contributed by atoms with Crippen molar-refractivity contribution in [2.75, 3.05) is 25.1 Å². The number of benzene rings is 2. The Bertz CT molecular complexity index is 605. The van der Waals surface area contributed by atoms with Gasteiger partial charge >= 0.3 is 6.03 Å². The minimum absolute atomic E-state index is 0.170. The highest BCUT2D eigenvalue weighted by Gasteiger charge is 2.04. The molecule has 0 fully saturated rings. The van der Waals surface area contributed by atoms with Gasteiger partial charge in [0.05, 0.1) is 12.3 Å². The standard InChI is InChI=1S/C18H21FN2O2/c19-16-9-4-5-10-17(16)21-18(22)20-12-6-13-23-14-11-15-7-2-1-3-8-15/h1-5,7-10H,6,11-14H2,(H2,20,21,22). The normalized spacial score (nSPS) is 10.3. The molecule has 0 unspecified atom stereocenters. The Balaban J connectivity index is 1.52. The minimum atomic E-state index is -0.452. The van der Waals surface area contributed by atoms with E-state index in [0.29, 0.717) is 26.2 Å². The largest absolute Gasteiger partial charge is 0.381 e. The molecular formula is C18H21FN2O2. The van der Waals surface area contributed by atoms with Gasteiger partial charge in [-0.15, -0.1) is 0 Å². The third-order valence-corrected chi connectivity index (χ3v) is 3.25. The van der Waals surface area contributed by atoms with Crippen molar-refractivity contribution in [3.63, 3.8) is 0 Å². The number of ether oxygens (including phenoxy) is 1. The molecule has 4 nitrogen and oxygen atoms in total. The summed E-state index contributed by atoms with van der Waals surface area (Å²) >= 11 is 0. The Labute approximate surface area is 135 Å². The zero-order chi connectivity index (χ0) is 16.3. The molecule has 23 heavy (non-hydrogen) atoms. The number of carbonyl (C=O) groups excluding carboxylic acids is 1. The summed E-state index contributed by atoms with van der Waals surface area (Å²) in [6.45, 7) is 1.71. The second kappa shape index (κ2) is 9.58. The molecule has 2 rings (SSSR count). The molecule has 0 atom stereocenters. The third-order valence-electron chi connectivity index (χ3n) is 3.25. The molecule has 0 aromatic heterocycles. The number of hydrogen-bond donors (Lipinski definition) is 2. The van der Waals surface area contributed by atoms with E-state index in [-0.39, 0.29) is 5.69 Å². The lowest BCUT2D eigenvalue weighted by Crippen LogP contribution is -2.30. The van der Waals surface area contributed by atoms with Crippen LogP contribution in [0.3, 0.4) is 0 Å². The topological polar surface area (TPSA) is 50.4 Å². The van der Waals surface area contributed by atoms with Gasteiger partial charge in [-0.3, -0.25) is 0 Å². The molecule has 0 aliphatic carbocycles. The van der Waals surface area contributed by atoms with E-state index in [4.69, 9.17) is 4.74 Å². The van der Waals surface area contributed by atoms with Crippen molar-refractivity contribution in [3.05, 3.63) is 66.0 Å². The highest BCUT2D eigenvalue weighted by molar-refractivity contribution is 5.89. The molecule has 5 heteroatoms. The van der Waals surface area contributed by atoms with Crippen molar-refractivity contribution in [2.45, 2.75) is 12.8 Å². The zero-order valence-electron chi connectivity index (χ0n) is 12.9. The Morgan fingerprint density at radius 3 is 2.52 bits per heavy atom. The van der Waals surface area contributed by atoms with Gasteiger partial charge in [0.1, 0.15) is 5.82 Å². The second-order valence-corrected chi connectivity index (χ2v) is 5.06. The van der Waals surface area contributed by atoms with E-state index in [1.165, 1.54) is 17.7 Å². The number of para-hydroxylation sites is 1. The summed E-state index contributed by atoms with van der Waals surface area (Å²) in [5.74, 6) is -0.452. The summed E-state index contributed by atoms with van der Waals surface area (Å²) in [7, 11) is 0. The van der Waals surface area contributed by atoms with Crippen molar-refractivity contribution < 1.29 is 13.9 Å². The fourth-order valence-electron chi connectivity index (χ4n) is 2.04. The SMILES string of the molecule is O=C(NCCCOCCc1ccccc1)Nc1ccccc1F. The molecule has 0 saturated carbocycles. The summed E-state index contributed by atoms with van der Waals surface area (Å²) < 4.78 is 18.9. The first-order valence-corrected chi connectivity index (χ1v) is 7.67. The predicted octanol–water partition coefficient (Wildman–Crippen LogP) is 3.60. The van der Waals surface area contributed by atoms with E-state index >= 15 is 0 Å². The monoisotopic (exact) mass is 316 g/mol. The maximum atomic E-state index is 13.4. The van der Waals surface area contributed by atoms with E-state index in [1.807, 2.05) is 18.2 Å². The molecule has 2 amide bonds. The number of nitrogens with one attached hydrogen (secondary N) is 2. The molecule has 0 radical (unpaired) electrons. The van der Waals surface area contributed by atoms with Gasteiger partial charge in [0, 0.05) is 13.2 Å². The van der Waals surface area contributed by atoms with Gasteiger partial charge in [0.2, 0.25) is 0 Å². The molecule has 0 spiro atoms. The lowest BCUT2D eigenvalue weighted by molar-refractivity contribution is 0.135. The smallest absolute Gasteiger partial charge is 0.319 e. The Morgan fingerprint density at radius 2 is 1.74 bits per heavy atom. The summed E-state index contributed by atoms with van der Waals surface area (Å²) in [4.78, 5) is 11.6. The average Bonchev–Trinajstić information content (AvgIpc) is 2.57. The summed E-state index contributed by atoms with van der Waals surface area (Å²) in [5, 5.41) is 5.14. The molecule has 2 aromatic carbocycles. The van der Waals surface area contributed by atoms with Crippen LogP contribution in [0.5, 0.6) is 0 Å². The van der Waals surface area contributed by atoms with E-state index in [2.05, 4.69) is 22.8 Å². The van der Waals surface area contributed by atoms with Gasteiger partial charge in [-0.2, -0.15) is 0 Å². The van der Waals surface area contributed by atoms with Crippen molar-refractivity contribution in [1.29, 1.82) is 0 Å². The fourth-order valence-corrected chi connectivity index (χ4v) is 2.04. The third kappa shape index (κ3) is 6.48. The number of urea groups is 1. The molecule has 2 N–H and O–H groups in total. The number of anilines is 1.